The van der Waals surface area contributed by atoms with E-state index >= 15 is 0 Å². The molecule has 6 nitrogen and oxygen atoms in total. The number of likely N-dealkylation sites (N-methyl/N-ethyl adjacent to an activating group) is 1. The Balaban J connectivity index is 2.77. The minimum atomic E-state index is -3.69. The summed E-state index contributed by atoms with van der Waals surface area (Å²) >= 11 is 0. The minimum Gasteiger partial charge on any atom is -0.397 e. The number of nitrogens with two attached hydrogens (primary N) is 2. The highest BCUT2D eigenvalue weighted by Crippen LogP contribution is 2.21. The largest absolute Gasteiger partial charge is 0.397 e. The molecule has 0 heterocycles. The van der Waals surface area contributed by atoms with Crippen LogP contribution in [-0.4, -0.2) is 40.5 Å². The molecule has 0 saturated heterocycles. The van der Waals surface area contributed by atoms with Crippen molar-refractivity contribution in [2.24, 2.45) is 5.14 Å². The molecule has 0 aromatic heterocycles. The SMILES string of the molecule is CN(C)CCNc1ccc(S(N)(=O)=O)cc1N. The van der Waals surface area contributed by atoms with Gasteiger partial charge in [0.1, 0.15) is 0 Å². The number of sulfonamides is 1. The Morgan fingerprint density at radius 3 is 2.47 bits per heavy atom. The van der Waals surface area contributed by atoms with E-state index < -0.39 is 10.0 Å². The monoisotopic (exact) mass is 258 g/mol. The lowest BCUT2D eigenvalue weighted by atomic mass is 10.2. The molecule has 0 spiro atoms. The highest BCUT2D eigenvalue weighted by molar-refractivity contribution is 7.89. The van der Waals surface area contributed by atoms with Crippen LogP contribution >= 0.6 is 0 Å². The number of nitrogen functional groups attached to an aromatic ring is 1. The van der Waals surface area contributed by atoms with E-state index in [-0.39, 0.29) is 4.90 Å². The van der Waals surface area contributed by atoms with Crippen LogP contribution in [0.2, 0.25) is 0 Å². The Labute approximate surface area is 102 Å². The predicted octanol–water partition coefficient (Wildman–Crippen LogP) is -0.110. The lowest BCUT2D eigenvalue weighted by Gasteiger charge is -2.13. The molecule has 1 rings (SSSR count). The quantitative estimate of drug-likeness (QED) is 0.640. The van der Waals surface area contributed by atoms with Crippen LogP contribution in [0, 0.1) is 0 Å². The molecule has 0 amide bonds. The molecule has 96 valence electrons. The first-order valence-corrected chi connectivity index (χ1v) is 6.66. The Hall–Kier alpha value is -1.31. The second-order valence-electron chi connectivity index (χ2n) is 4.02. The number of hydrogen-bond donors (Lipinski definition) is 3. The lowest BCUT2D eigenvalue weighted by molar-refractivity contribution is 0.425. The maximum Gasteiger partial charge on any atom is 0.238 e. The number of nitrogens with one attached hydrogen (secondary N) is 1. The second kappa shape index (κ2) is 5.35. The molecule has 0 fully saturated rings. The molecular weight excluding hydrogens is 240 g/mol. The van der Waals surface area contributed by atoms with Gasteiger partial charge >= 0.3 is 0 Å². The molecule has 0 atom stereocenters. The highest BCUT2D eigenvalue weighted by Gasteiger charge is 2.09. The Kier molecular flexibility index (Phi) is 4.33. The van der Waals surface area contributed by atoms with Crippen molar-refractivity contribution in [1.29, 1.82) is 0 Å². The fourth-order valence-corrected chi connectivity index (χ4v) is 1.84. The number of anilines is 2. The highest BCUT2D eigenvalue weighted by atomic mass is 32.2. The predicted molar refractivity (Wildman–Crippen MR) is 69.3 cm³/mol. The summed E-state index contributed by atoms with van der Waals surface area (Å²) in [4.78, 5) is 2.05. The summed E-state index contributed by atoms with van der Waals surface area (Å²) in [6.07, 6.45) is 0. The van der Waals surface area contributed by atoms with Crippen LogP contribution in [0.3, 0.4) is 0 Å². The standard InChI is InChI=1S/C10H18N4O2S/c1-14(2)6-5-13-10-4-3-8(7-9(10)11)17(12,15)16/h3-4,7,13H,5-6,11H2,1-2H3,(H2,12,15,16). The number of nitrogens with zero attached hydrogens (tertiary/aromatic N) is 1. The molecule has 5 N–H and O–H groups in total. The topological polar surface area (TPSA) is 101 Å². The van der Waals surface area contributed by atoms with Crippen molar-refractivity contribution >= 4 is 21.4 Å². The summed E-state index contributed by atoms with van der Waals surface area (Å²) in [6, 6.07) is 4.40. The van der Waals surface area contributed by atoms with Crippen molar-refractivity contribution in [3.63, 3.8) is 0 Å². The Morgan fingerprint density at radius 2 is 2.00 bits per heavy atom. The van der Waals surface area contributed by atoms with Gasteiger partial charge in [0.2, 0.25) is 10.0 Å². The number of rotatable bonds is 5. The molecule has 0 bridgehead atoms. The zero-order chi connectivity index (χ0) is 13.1. The van der Waals surface area contributed by atoms with Gasteiger partial charge in [-0.15, -0.1) is 0 Å². The van der Waals surface area contributed by atoms with E-state index in [1.807, 2.05) is 19.0 Å². The van der Waals surface area contributed by atoms with E-state index in [1.54, 1.807) is 6.07 Å². The molecule has 1 aromatic rings. The van der Waals surface area contributed by atoms with Crippen LogP contribution in [0.1, 0.15) is 0 Å². The van der Waals surface area contributed by atoms with Crippen LogP contribution < -0.4 is 16.2 Å². The molecule has 0 saturated carbocycles. The van der Waals surface area contributed by atoms with Crippen LogP contribution in [0.5, 0.6) is 0 Å². The average Bonchev–Trinajstić information content (AvgIpc) is 2.18. The van der Waals surface area contributed by atoms with Crippen molar-refractivity contribution in [2.75, 3.05) is 38.2 Å². The van der Waals surface area contributed by atoms with Gasteiger partial charge in [-0.25, -0.2) is 13.6 Å². The number of primary sulfonamides is 1. The van der Waals surface area contributed by atoms with Gasteiger partial charge in [0, 0.05) is 13.1 Å². The summed E-state index contributed by atoms with van der Waals surface area (Å²) in [5.41, 5.74) is 6.82. The molecule has 1 aromatic carbocycles. The van der Waals surface area contributed by atoms with Crippen LogP contribution in [0.15, 0.2) is 23.1 Å². The van der Waals surface area contributed by atoms with Gasteiger partial charge < -0.3 is 16.0 Å². The van der Waals surface area contributed by atoms with Gasteiger partial charge in [0.05, 0.1) is 16.3 Å². The van der Waals surface area contributed by atoms with Crippen LogP contribution in [-0.2, 0) is 10.0 Å². The first-order chi connectivity index (χ1) is 7.80. The van der Waals surface area contributed by atoms with E-state index in [2.05, 4.69) is 5.32 Å². The number of benzene rings is 1. The third-order valence-electron chi connectivity index (χ3n) is 2.23. The smallest absolute Gasteiger partial charge is 0.238 e. The third-order valence-corrected chi connectivity index (χ3v) is 3.14. The number of hydrogen-bond acceptors (Lipinski definition) is 5. The Bertz CT molecular complexity index is 485. The molecule has 17 heavy (non-hydrogen) atoms. The van der Waals surface area contributed by atoms with Crippen LogP contribution in [0.25, 0.3) is 0 Å². The van der Waals surface area contributed by atoms with E-state index in [1.165, 1.54) is 12.1 Å². The van der Waals surface area contributed by atoms with Crippen LogP contribution in [0.4, 0.5) is 11.4 Å². The van der Waals surface area contributed by atoms with Gasteiger partial charge in [-0.1, -0.05) is 0 Å². The summed E-state index contributed by atoms with van der Waals surface area (Å²) in [5, 5.41) is 8.13. The Morgan fingerprint density at radius 1 is 1.35 bits per heavy atom. The minimum absolute atomic E-state index is 0.0214. The molecule has 0 aliphatic rings. The maximum atomic E-state index is 11.1. The van der Waals surface area contributed by atoms with E-state index in [0.717, 1.165) is 13.1 Å². The normalized spacial score (nSPS) is 11.8. The first-order valence-electron chi connectivity index (χ1n) is 5.11. The first kappa shape index (κ1) is 13.8. The van der Waals surface area contributed by atoms with Crippen molar-refractivity contribution in [3.8, 4) is 0 Å². The fourth-order valence-electron chi connectivity index (χ4n) is 1.29. The van der Waals surface area contributed by atoms with Gasteiger partial charge in [0.15, 0.2) is 0 Å². The summed E-state index contributed by atoms with van der Waals surface area (Å²) in [7, 11) is 0.243. The summed E-state index contributed by atoms with van der Waals surface area (Å²) < 4.78 is 22.2. The lowest BCUT2D eigenvalue weighted by Crippen LogP contribution is -2.21. The van der Waals surface area contributed by atoms with E-state index in [4.69, 9.17) is 10.9 Å². The van der Waals surface area contributed by atoms with Crippen molar-refractivity contribution in [1.82, 2.24) is 4.90 Å². The van der Waals surface area contributed by atoms with Crippen molar-refractivity contribution in [3.05, 3.63) is 18.2 Å². The summed E-state index contributed by atoms with van der Waals surface area (Å²) in [5.74, 6) is 0. The van der Waals surface area contributed by atoms with Gasteiger partial charge in [0.25, 0.3) is 0 Å². The maximum absolute atomic E-state index is 11.1. The van der Waals surface area contributed by atoms with E-state index in [0.29, 0.717) is 11.4 Å². The zero-order valence-electron chi connectivity index (χ0n) is 9.97. The molecule has 0 unspecified atom stereocenters. The summed E-state index contributed by atoms with van der Waals surface area (Å²) in [6.45, 7) is 1.59. The van der Waals surface area contributed by atoms with Gasteiger partial charge in [-0.05, 0) is 32.3 Å². The molecule has 7 heteroatoms. The van der Waals surface area contributed by atoms with Crippen molar-refractivity contribution in [2.45, 2.75) is 4.90 Å². The molecule has 0 aliphatic heterocycles. The zero-order valence-corrected chi connectivity index (χ0v) is 10.8. The van der Waals surface area contributed by atoms with Gasteiger partial charge in [-0.3, -0.25) is 0 Å². The van der Waals surface area contributed by atoms with Crippen molar-refractivity contribution < 1.29 is 8.42 Å². The van der Waals surface area contributed by atoms with E-state index in [9.17, 15) is 8.42 Å². The average molecular weight is 258 g/mol. The molecule has 0 aliphatic carbocycles. The molecule has 0 radical (unpaired) electrons. The van der Waals surface area contributed by atoms with Gasteiger partial charge in [-0.2, -0.15) is 0 Å². The molecular formula is C10H18N4O2S. The third kappa shape index (κ3) is 4.22. The second-order valence-corrected chi connectivity index (χ2v) is 5.59. The fraction of sp³-hybridized carbons (Fsp3) is 0.400.